The van der Waals surface area contributed by atoms with Gasteiger partial charge in [-0.05, 0) is 32.1 Å². The van der Waals surface area contributed by atoms with E-state index in [0.717, 1.165) is 0 Å². The first-order valence-electron chi connectivity index (χ1n) is 14.7. The first-order valence-corrected chi connectivity index (χ1v) is 14.7. The minimum atomic E-state index is -0.834. The molecule has 0 bridgehead atoms. The van der Waals surface area contributed by atoms with Crippen LogP contribution in [-0.2, 0) is 18.9 Å². The van der Waals surface area contributed by atoms with Crippen LogP contribution in [0.15, 0.2) is 0 Å². The molecule has 252 valence electrons. The summed E-state index contributed by atoms with van der Waals surface area (Å²) in [5.41, 5.74) is -0.457. The van der Waals surface area contributed by atoms with Crippen molar-refractivity contribution in [3.63, 3.8) is 0 Å². The minimum Gasteiger partial charge on any atom is -0.396 e. The summed E-state index contributed by atoms with van der Waals surface area (Å²) in [6.45, 7) is 10.6. The second-order valence-electron chi connectivity index (χ2n) is 10.0. The fourth-order valence-electron chi connectivity index (χ4n) is 2.53. The smallest absolute Gasteiger partial charge is 0.100 e. The maximum absolute atomic E-state index is 9.54. The van der Waals surface area contributed by atoms with Crippen LogP contribution in [0.2, 0.25) is 0 Å². The van der Waals surface area contributed by atoms with Gasteiger partial charge in [0.1, 0.15) is 12.2 Å². The van der Waals surface area contributed by atoms with Crippen LogP contribution in [0.4, 0.5) is 0 Å². The van der Waals surface area contributed by atoms with Crippen LogP contribution in [-0.4, -0.2) is 155 Å². The van der Waals surface area contributed by atoms with Gasteiger partial charge in [0.2, 0.25) is 0 Å². The van der Waals surface area contributed by atoms with E-state index in [2.05, 4.69) is 0 Å². The van der Waals surface area contributed by atoms with Crippen molar-refractivity contribution in [1.29, 1.82) is 0 Å². The molecule has 0 saturated carbocycles. The van der Waals surface area contributed by atoms with Gasteiger partial charge in [-0.1, -0.05) is 34.6 Å². The summed E-state index contributed by atoms with van der Waals surface area (Å²) in [6.07, 6.45) is -0.250. The van der Waals surface area contributed by atoms with Crippen molar-refractivity contribution >= 4 is 0 Å². The Kier molecular flexibility index (Phi) is 33.9. The topological polar surface area (TPSA) is 219 Å². The van der Waals surface area contributed by atoms with Crippen molar-refractivity contribution < 1.29 is 64.9 Å². The molecule has 0 aromatic carbocycles. The van der Waals surface area contributed by atoms with Gasteiger partial charge in [-0.2, -0.15) is 0 Å². The van der Waals surface area contributed by atoms with Gasteiger partial charge in [0.25, 0.3) is 0 Å². The van der Waals surface area contributed by atoms with Gasteiger partial charge < -0.3 is 64.9 Å². The van der Waals surface area contributed by atoms with E-state index in [0.29, 0.717) is 45.3 Å². The van der Waals surface area contributed by atoms with Gasteiger partial charge in [0.05, 0.1) is 97.1 Å². The lowest BCUT2D eigenvalue weighted by molar-refractivity contribution is -0.0799. The molecule has 6 atom stereocenters. The Labute approximate surface area is 246 Å². The summed E-state index contributed by atoms with van der Waals surface area (Å²) in [5.74, 6) is 0. The molecule has 0 aromatic heterocycles. The molecule has 13 nitrogen and oxygen atoms in total. The highest BCUT2D eigenvalue weighted by Crippen LogP contribution is 2.22. The predicted molar refractivity (Wildman–Crippen MR) is 154 cm³/mol. The highest BCUT2D eigenvalue weighted by Gasteiger charge is 2.29. The molecule has 6 unspecified atom stereocenters. The number of hydrogen-bond donors (Lipinski definition) is 9. The molecule has 0 aliphatic rings. The van der Waals surface area contributed by atoms with Gasteiger partial charge >= 0.3 is 0 Å². The quantitative estimate of drug-likeness (QED) is 0.0658. The third-order valence-electron chi connectivity index (χ3n) is 6.07. The monoisotopic (exact) mass is 606 g/mol. The second-order valence-corrected chi connectivity index (χ2v) is 10.0. The Hall–Kier alpha value is -0.520. The van der Waals surface area contributed by atoms with Crippen molar-refractivity contribution in [2.75, 3.05) is 72.7 Å². The third-order valence-corrected chi connectivity index (χ3v) is 6.07. The lowest BCUT2D eigenvalue weighted by Crippen LogP contribution is -2.37. The zero-order valence-corrected chi connectivity index (χ0v) is 25.9. The molecular formula is C28H62O13. The molecule has 0 aromatic rings. The Morgan fingerprint density at radius 2 is 0.707 bits per heavy atom. The molecule has 41 heavy (non-hydrogen) atoms. The molecule has 9 N–H and O–H groups in total. The van der Waals surface area contributed by atoms with Crippen molar-refractivity contribution in [3.8, 4) is 0 Å². The maximum Gasteiger partial charge on any atom is 0.100 e. The van der Waals surface area contributed by atoms with E-state index in [-0.39, 0.29) is 59.5 Å². The molecule has 0 aliphatic carbocycles. The summed E-state index contributed by atoms with van der Waals surface area (Å²) in [6, 6.07) is 0. The maximum atomic E-state index is 9.54. The first kappa shape index (κ1) is 44.9. The molecule has 0 rings (SSSR count). The fourth-order valence-corrected chi connectivity index (χ4v) is 2.53. The fraction of sp³-hybridized carbons (Fsp3) is 1.00. The number of ether oxygens (including phenoxy) is 4. The zero-order chi connectivity index (χ0) is 32.1. The van der Waals surface area contributed by atoms with E-state index >= 15 is 0 Å². The average Bonchev–Trinajstić information content (AvgIpc) is 2.99. The molecule has 0 radical (unpaired) electrons. The summed E-state index contributed by atoms with van der Waals surface area (Å²) in [4.78, 5) is 0. The molecule has 0 heterocycles. The molecule has 0 fully saturated rings. The third kappa shape index (κ3) is 29.3. The number of rotatable bonds is 24. The number of aliphatic hydroxyl groups excluding tert-OH is 9. The summed E-state index contributed by atoms with van der Waals surface area (Å²) >= 11 is 0. The van der Waals surface area contributed by atoms with E-state index in [1.165, 1.54) is 0 Å². The van der Waals surface area contributed by atoms with Gasteiger partial charge in [-0.15, -0.1) is 0 Å². The van der Waals surface area contributed by atoms with E-state index < -0.39 is 42.0 Å². The highest BCUT2D eigenvalue weighted by molar-refractivity contribution is 4.77. The standard InChI is InChI=1S/C14H30O5.2C7H16O4/c1-4-12(16)7-18-10-14(6-3,9-15)11-19-8-13(17)5-2;2*1-2-6(9)4-11-5-7(10)3-8/h12-13,15-17H,4-11H2,1-3H3;2*6-10H,2-5H2,1H3. The molecule has 0 aliphatic heterocycles. The number of hydrogen-bond acceptors (Lipinski definition) is 13. The lowest BCUT2D eigenvalue weighted by Gasteiger charge is -2.30. The Bertz CT molecular complexity index is 451. The van der Waals surface area contributed by atoms with E-state index in [9.17, 15) is 15.3 Å². The zero-order valence-electron chi connectivity index (χ0n) is 25.9. The molecular weight excluding hydrogens is 544 g/mol. The normalized spacial score (nSPS) is 17.1. The summed E-state index contributed by atoms with van der Waals surface area (Å²) in [5, 5.41) is 80.6. The van der Waals surface area contributed by atoms with Crippen molar-refractivity contribution in [1.82, 2.24) is 0 Å². The Morgan fingerprint density at radius 3 is 0.927 bits per heavy atom. The molecule has 0 amide bonds. The highest BCUT2D eigenvalue weighted by atomic mass is 16.5. The first-order chi connectivity index (χ1) is 19.4. The van der Waals surface area contributed by atoms with Crippen molar-refractivity contribution in [2.45, 2.75) is 103 Å². The van der Waals surface area contributed by atoms with Crippen LogP contribution < -0.4 is 0 Å². The summed E-state index contributed by atoms with van der Waals surface area (Å²) < 4.78 is 20.7. The van der Waals surface area contributed by atoms with Crippen LogP contribution in [0.1, 0.15) is 66.7 Å². The van der Waals surface area contributed by atoms with Gasteiger partial charge in [0.15, 0.2) is 0 Å². The largest absolute Gasteiger partial charge is 0.396 e. The predicted octanol–water partition coefficient (Wildman–Crippen LogP) is -0.796. The second kappa shape index (κ2) is 30.9. The van der Waals surface area contributed by atoms with E-state index in [4.69, 9.17) is 49.6 Å². The van der Waals surface area contributed by atoms with Crippen molar-refractivity contribution in [3.05, 3.63) is 0 Å². The van der Waals surface area contributed by atoms with Gasteiger partial charge in [-0.3, -0.25) is 0 Å². The van der Waals surface area contributed by atoms with Crippen molar-refractivity contribution in [2.24, 2.45) is 5.41 Å². The van der Waals surface area contributed by atoms with E-state index in [1.54, 1.807) is 0 Å². The lowest BCUT2D eigenvalue weighted by atomic mass is 9.88. The summed E-state index contributed by atoms with van der Waals surface area (Å²) in [7, 11) is 0. The van der Waals surface area contributed by atoms with Crippen LogP contribution in [0, 0.1) is 5.41 Å². The molecule has 13 heteroatoms. The SMILES string of the molecule is CCC(O)COCC(CC)(CO)COCC(O)CC.CCC(O)COCC(O)CO.CCC(O)COCC(O)CO. The number of aliphatic hydroxyl groups is 9. The van der Waals surface area contributed by atoms with Crippen LogP contribution in [0.25, 0.3) is 0 Å². The molecule has 0 saturated heterocycles. The van der Waals surface area contributed by atoms with Crippen LogP contribution >= 0.6 is 0 Å². The minimum absolute atomic E-state index is 0.0338. The Balaban J connectivity index is -0.000000564. The van der Waals surface area contributed by atoms with Gasteiger partial charge in [-0.25, -0.2) is 0 Å². The average molecular weight is 607 g/mol. The van der Waals surface area contributed by atoms with Gasteiger partial charge in [0, 0.05) is 5.41 Å². The van der Waals surface area contributed by atoms with E-state index in [1.807, 2.05) is 34.6 Å². The Morgan fingerprint density at radius 1 is 0.439 bits per heavy atom. The van der Waals surface area contributed by atoms with Crippen LogP contribution in [0.5, 0.6) is 0 Å². The molecule has 0 spiro atoms. The van der Waals surface area contributed by atoms with Crippen LogP contribution in [0.3, 0.4) is 0 Å².